The number of primary amides is 1. The number of nitrogens with two attached hydrogens (primary N) is 1. The molecule has 0 atom stereocenters. The van der Waals surface area contributed by atoms with Gasteiger partial charge < -0.3 is 21.1 Å². The highest BCUT2D eigenvalue weighted by Crippen LogP contribution is 2.17. The predicted octanol–water partition coefficient (Wildman–Crippen LogP) is 1.40. The molecule has 0 saturated carbocycles. The van der Waals surface area contributed by atoms with Crippen LogP contribution in [0, 0.1) is 5.41 Å². The maximum absolute atomic E-state index is 11.7. The summed E-state index contributed by atoms with van der Waals surface area (Å²) in [6.45, 7) is 6.36. The van der Waals surface area contributed by atoms with Crippen molar-refractivity contribution < 1.29 is 14.3 Å². The van der Waals surface area contributed by atoms with Gasteiger partial charge >= 0.3 is 6.03 Å². The Bertz CT molecular complexity index is 501. The van der Waals surface area contributed by atoms with Gasteiger partial charge in [-0.3, -0.25) is 4.79 Å². The second kappa shape index (κ2) is 7.52. The summed E-state index contributed by atoms with van der Waals surface area (Å²) in [6, 6.07) is 7.15. The van der Waals surface area contributed by atoms with Crippen molar-refractivity contribution in [3.8, 4) is 5.75 Å². The van der Waals surface area contributed by atoms with E-state index >= 15 is 0 Å². The number of amides is 3. The van der Waals surface area contributed by atoms with Crippen molar-refractivity contribution >= 4 is 11.9 Å². The van der Waals surface area contributed by atoms with Gasteiger partial charge in [0.05, 0.1) is 12.0 Å². The zero-order chi connectivity index (χ0) is 15.9. The number of hydrogen-bond acceptors (Lipinski definition) is 3. The van der Waals surface area contributed by atoms with Gasteiger partial charge in [-0.2, -0.15) is 0 Å². The zero-order valence-corrected chi connectivity index (χ0v) is 12.7. The van der Waals surface area contributed by atoms with Gasteiger partial charge in [-0.05, 0) is 26.8 Å². The van der Waals surface area contributed by atoms with Crippen LogP contribution in [-0.2, 0) is 11.3 Å². The lowest BCUT2D eigenvalue weighted by molar-refractivity contribution is -0.125. The fraction of sp³-hybridized carbons (Fsp3) is 0.467. The van der Waals surface area contributed by atoms with E-state index < -0.39 is 11.3 Å². The van der Waals surface area contributed by atoms with Crippen LogP contribution >= 0.6 is 0 Å². The van der Waals surface area contributed by atoms with Crippen molar-refractivity contribution in [3.63, 3.8) is 0 Å². The van der Waals surface area contributed by atoms with Crippen LogP contribution in [-0.4, -0.2) is 25.1 Å². The third kappa shape index (κ3) is 5.33. The van der Waals surface area contributed by atoms with E-state index in [1.54, 1.807) is 13.8 Å². The molecule has 3 amide bonds. The summed E-state index contributed by atoms with van der Waals surface area (Å²) < 4.78 is 5.48. The van der Waals surface area contributed by atoms with E-state index in [2.05, 4.69) is 10.6 Å². The monoisotopic (exact) mass is 293 g/mol. The molecule has 0 aliphatic heterocycles. The lowest BCUT2D eigenvalue weighted by Crippen LogP contribution is -2.45. The van der Waals surface area contributed by atoms with Crippen LogP contribution in [0.25, 0.3) is 0 Å². The maximum atomic E-state index is 11.7. The molecule has 21 heavy (non-hydrogen) atoms. The van der Waals surface area contributed by atoms with Gasteiger partial charge in [0, 0.05) is 18.7 Å². The first kappa shape index (κ1) is 16.8. The van der Waals surface area contributed by atoms with Crippen LogP contribution in [0.1, 0.15) is 26.3 Å². The molecule has 1 aromatic carbocycles. The van der Waals surface area contributed by atoms with Crippen molar-refractivity contribution in [1.29, 1.82) is 0 Å². The molecule has 6 heteroatoms. The summed E-state index contributed by atoms with van der Waals surface area (Å²) in [7, 11) is 0. The van der Waals surface area contributed by atoms with Crippen LogP contribution < -0.4 is 21.1 Å². The van der Waals surface area contributed by atoms with Crippen LogP contribution in [0.2, 0.25) is 0 Å². The van der Waals surface area contributed by atoms with Crippen LogP contribution in [0.15, 0.2) is 24.3 Å². The molecule has 116 valence electrons. The Balaban J connectivity index is 2.49. The molecular formula is C15H23N3O3. The molecule has 0 aliphatic rings. The lowest BCUT2D eigenvalue weighted by Gasteiger charge is -2.21. The first-order valence-electron chi connectivity index (χ1n) is 6.89. The summed E-state index contributed by atoms with van der Waals surface area (Å²) >= 11 is 0. The highest BCUT2D eigenvalue weighted by molar-refractivity contribution is 5.81. The Morgan fingerprint density at radius 3 is 2.52 bits per heavy atom. The molecule has 0 heterocycles. The minimum absolute atomic E-state index is 0.182. The first-order valence-corrected chi connectivity index (χ1v) is 6.89. The van der Waals surface area contributed by atoms with Crippen molar-refractivity contribution in [2.24, 2.45) is 11.1 Å². The average Bonchev–Trinajstić information content (AvgIpc) is 2.44. The number of nitrogens with one attached hydrogen (secondary N) is 2. The van der Waals surface area contributed by atoms with Gasteiger partial charge in [-0.25, -0.2) is 4.79 Å². The lowest BCUT2D eigenvalue weighted by atomic mass is 9.93. The van der Waals surface area contributed by atoms with Gasteiger partial charge in [0.2, 0.25) is 5.91 Å². The molecule has 0 aromatic heterocycles. The molecular weight excluding hydrogens is 270 g/mol. The van der Waals surface area contributed by atoms with Crippen LogP contribution in [0.4, 0.5) is 4.79 Å². The molecule has 0 fully saturated rings. The quantitative estimate of drug-likeness (QED) is 0.709. The molecule has 0 unspecified atom stereocenters. The van der Waals surface area contributed by atoms with E-state index in [0.717, 1.165) is 11.3 Å². The van der Waals surface area contributed by atoms with Crippen LogP contribution in [0.3, 0.4) is 0 Å². The summed E-state index contributed by atoms with van der Waals surface area (Å²) in [5.41, 5.74) is 5.36. The number of ether oxygens (including phenoxy) is 1. The molecule has 4 N–H and O–H groups in total. The number of carbonyl (C=O) groups excluding carboxylic acids is 2. The van der Waals surface area contributed by atoms with Crippen molar-refractivity contribution in [2.75, 3.05) is 13.2 Å². The maximum Gasteiger partial charge on any atom is 0.315 e. The number of carbonyl (C=O) groups is 2. The Labute approximate surface area is 125 Å². The summed E-state index contributed by atoms with van der Waals surface area (Å²) in [5.74, 6) is 0.294. The summed E-state index contributed by atoms with van der Waals surface area (Å²) in [6.07, 6.45) is 0. The predicted molar refractivity (Wildman–Crippen MR) is 80.8 cm³/mol. The van der Waals surface area contributed by atoms with E-state index in [9.17, 15) is 9.59 Å². The van der Waals surface area contributed by atoms with Crippen molar-refractivity contribution in [1.82, 2.24) is 10.6 Å². The standard InChI is InChI=1S/C15H23N3O3/c1-4-21-12-8-6-5-7-11(12)9-17-14(20)18-10-15(2,3)13(16)19/h5-8H,4,9-10H2,1-3H3,(H2,16,19)(H2,17,18,20). The topological polar surface area (TPSA) is 93.4 Å². The highest BCUT2D eigenvalue weighted by atomic mass is 16.5. The van der Waals surface area contributed by atoms with E-state index in [0.29, 0.717) is 13.2 Å². The minimum Gasteiger partial charge on any atom is -0.494 e. The fourth-order valence-corrected chi connectivity index (χ4v) is 1.57. The van der Waals surface area contributed by atoms with Crippen molar-refractivity contribution in [3.05, 3.63) is 29.8 Å². The second-order valence-corrected chi connectivity index (χ2v) is 5.33. The number of benzene rings is 1. The average molecular weight is 293 g/mol. The van der Waals surface area contributed by atoms with Crippen molar-refractivity contribution in [2.45, 2.75) is 27.3 Å². The Kier molecular flexibility index (Phi) is 6.02. The number of urea groups is 1. The number of para-hydroxylation sites is 1. The molecule has 1 rings (SSSR count). The van der Waals surface area contributed by atoms with E-state index in [1.807, 2.05) is 31.2 Å². The normalized spacial score (nSPS) is 10.8. The molecule has 1 aromatic rings. The van der Waals surface area contributed by atoms with Gasteiger partial charge in [-0.15, -0.1) is 0 Å². The third-order valence-corrected chi connectivity index (χ3v) is 3.07. The number of hydrogen-bond donors (Lipinski definition) is 3. The van der Waals surface area contributed by atoms with E-state index in [1.165, 1.54) is 0 Å². The molecule has 6 nitrogen and oxygen atoms in total. The molecule has 0 bridgehead atoms. The fourth-order valence-electron chi connectivity index (χ4n) is 1.57. The van der Waals surface area contributed by atoms with E-state index in [-0.39, 0.29) is 12.6 Å². The Hall–Kier alpha value is -2.24. The van der Waals surface area contributed by atoms with Gasteiger partial charge in [-0.1, -0.05) is 18.2 Å². The van der Waals surface area contributed by atoms with Crippen LogP contribution in [0.5, 0.6) is 5.75 Å². The summed E-state index contributed by atoms with van der Waals surface area (Å²) in [5, 5.41) is 5.36. The zero-order valence-electron chi connectivity index (χ0n) is 12.7. The minimum atomic E-state index is -0.777. The molecule has 0 radical (unpaired) electrons. The van der Waals surface area contributed by atoms with Gasteiger partial charge in [0.25, 0.3) is 0 Å². The molecule has 0 aliphatic carbocycles. The number of rotatable bonds is 7. The summed E-state index contributed by atoms with van der Waals surface area (Å²) in [4.78, 5) is 22.9. The molecule has 0 spiro atoms. The third-order valence-electron chi connectivity index (χ3n) is 3.07. The Morgan fingerprint density at radius 2 is 1.90 bits per heavy atom. The first-order chi connectivity index (χ1) is 9.86. The van der Waals surface area contributed by atoms with Gasteiger partial charge in [0.1, 0.15) is 5.75 Å². The Morgan fingerprint density at radius 1 is 1.24 bits per heavy atom. The molecule has 0 saturated heterocycles. The highest BCUT2D eigenvalue weighted by Gasteiger charge is 2.25. The second-order valence-electron chi connectivity index (χ2n) is 5.33. The van der Waals surface area contributed by atoms with Gasteiger partial charge in [0.15, 0.2) is 0 Å². The smallest absolute Gasteiger partial charge is 0.315 e. The largest absolute Gasteiger partial charge is 0.494 e. The SMILES string of the molecule is CCOc1ccccc1CNC(=O)NCC(C)(C)C(N)=O. The van der Waals surface area contributed by atoms with E-state index in [4.69, 9.17) is 10.5 Å².